The van der Waals surface area contributed by atoms with Gasteiger partial charge in [-0.05, 0) is 19.8 Å². The van der Waals surface area contributed by atoms with Crippen LogP contribution >= 0.6 is 0 Å². The second-order valence-electron chi connectivity index (χ2n) is 4.45. The van der Waals surface area contributed by atoms with Crippen molar-refractivity contribution in [3.05, 3.63) is 24.3 Å². The highest BCUT2D eigenvalue weighted by molar-refractivity contribution is 5.88. The zero-order valence-electron chi connectivity index (χ0n) is 11.1. The Balaban J connectivity index is 2.65. The normalized spacial score (nSPS) is 25.9. The molecule has 3 nitrogen and oxygen atoms in total. The van der Waals surface area contributed by atoms with Gasteiger partial charge in [-0.25, -0.2) is 0 Å². The number of hydrogen-bond acceptors (Lipinski definition) is 2. The van der Waals surface area contributed by atoms with E-state index in [1.54, 1.807) is 6.08 Å². The Morgan fingerprint density at radius 3 is 2.71 bits per heavy atom. The number of carbonyl (C=O) groups excluding carboxylic acids is 1. The van der Waals surface area contributed by atoms with Crippen molar-refractivity contribution in [2.24, 2.45) is 0 Å². The molecule has 1 N–H and O–H groups in total. The fraction of sp³-hybridized carbons (Fsp3) is 0.643. The van der Waals surface area contributed by atoms with E-state index < -0.39 is 0 Å². The topological polar surface area (TPSA) is 32.3 Å². The summed E-state index contributed by atoms with van der Waals surface area (Å²) in [6.45, 7) is 7.98. The second-order valence-corrected chi connectivity index (χ2v) is 4.45. The molecule has 1 fully saturated rings. The predicted octanol–water partition coefficient (Wildman–Crippen LogP) is 2.11. The van der Waals surface area contributed by atoms with Crippen molar-refractivity contribution in [2.45, 2.75) is 45.7 Å². The van der Waals surface area contributed by atoms with Crippen molar-refractivity contribution in [1.29, 1.82) is 0 Å². The molecule has 0 aromatic rings. The first-order chi connectivity index (χ1) is 8.22. The number of piperazine rings is 1. The van der Waals surface area contributed by atoms with Gasteiger partial charge in [0, 0.05) is 31.2 Å². The first-order valence-electron chi connectivity index (χ1n) is 6.56. The molecule has 3 heteroatoms. The van der Waals surface area contributed by atoms with Gasteiger partial charge in [-0.1, -0.05) is 32.1 Å². The Morgan fingerprint density at radius 1 is 1.35 bits per heavy atom. The van der Waals surface area contributed by atoms with Gasteiger partial charge in [-0.15, -0.1) is 0 Å². The van der Waals surface area contributed by atoms with E-state index in [9.17, 15) is 4.79 Å². The highest BCUT2D eigenvalue weighted by atomic mass is 16.2. The van der Waals surface area contributed by atoms with Crippen LogP contribution in [0.25, 0.3) is 0 Å². The van der Waals surface area contributed by atoms with Gasteiger partial charge in [0.05, 0.1) is 0 Å². The number of amides is 1. The van der Waals surface area contributed by atoms with E-state index in [1.807, 2.05) is 30.1 Å². The van der Waals surface area contributed by atoms with E-state index in [0.717, 1.165) is 25.9 Å². The third-order valence-electron chi connectivity index (χ3n) is 3.29. The van der Waals surface area contributed by atoms with Crippen molar-refractivity contribution in [2.75, 3.05) is 13.1 Å². The first kappa shape index (κ1) is 14.0. The van der Waals surface area contributed by atoms with Gasteiger partial charge in [-0.3, -0.25) is 4.79 Å². The molecule has 1 amide bonds. The lowest BCUT2D eigenvalue weighted by molar-refractivity contribution is -0.130. The van der Waals surface area contributed by atoms with Crippen LogP contribution in [-0.4, -0.2) is 36.0 Å². The molecule has 0 radical (unpaired) electrons. The van der Waals surface area contributed by atoms with Crippen LogP contribution in [0, 0.1) is 0 Å². The van der Waals surface area contributed by atoms with Crippen molar-refractivity contribution in [3.63, 3.8) is 0 Å². The molecule has 0 aliphatic carbocycles. The number of rotatable bonds is 4. The highest BCUT2D eigenvalue weighted by Gasteiger charge is 2.27. The lowest BCUT2D eigenvalue weighted by atomic mass is 10.1. The van der Waals surface area contributed by atoms with Gasteiger partial charge >= 0.3 is 0 Å². The van der Waals surface area contributed by atoms with E-state index in [2.05, 4.69) is 19.2 Å². The molecule has 0 saturated carbocycles. The third-order valence-corrected chi connectivity index (χ3v) is 3.29. The van der Waals surface area contributed by atoms with Crippen LogP contribution in [0.15, 0.2) is 24.3 Å². The summed E-state index contributed by atoms with van der Waals surface area (Å²) < 4.78 is 0. The summed E-state index contributed by atoms with van der Waals surface area (Å²) in [5.41, 5.74) is 0. The molecule has 0 aromatic carbocycles. The van der Waals surface area contributed by atoms with Gasteiger partial charge < -0.3 is 10.2 Å². The maximum atomic E-state index is 12.1. The Hall–Kier alpha value is -1.09. The summed E-state index contributed by atoms with van der Waals surface area (Å²) >= 11 is 0. The smallest absolute Gasteiger partial charge is 0.246 e. The van der Waals surface area contributed by atoms with E-state index in [0.29, 0.717) is 12.1 Å². The van der Waals surface area contributed by atoms with Crippen molar-refractivity contribution < 1.29 is 4.79 Å². The summed E-state index contributed by atoms with van der Waals surface area (Å²) in [6, 6.07) is 0.775. The lowest BCUT2D eigenvalue weighted by Crippen LogP contribution is -2.57. The zero-order chi connectivity index (χ0) is 12.7. The van der Waals surface area contributed by atoms with E-state index in [-0.39, 0.29) is 5.91 Å². The average Bonchev–Trinajstić information content (AvgIpc) is 2.38. The second kappa shape index (κ2) is 7.28. The zero-order valence-corrected chi connectivity index (χ0v) is 11.1. The number of nitrogens with zero attached hydrogens (tertiary/aromatic N) is 1. The summed E-state index contributed by atoms with van der Waals surface area (Å²) in [7, 11) is 0. The minimum atomic E-state index is 0.134. The molecule has 1 saturated heterocycles. The van der Waals surface area contributed by atoms with Gasteiger partial charge in [0.25, 0.3) is 0 Å². The van der Waals surface area contributed by atoms with E-state index in [1.165, 1.54) is 0 Å². The minimum Gasteiger partial charge on any atom is -0.333 e. The molecule has 1 heterocycles. The lowest BCUT2D eigenvalue weighted by Gasteiger charge is -2.39. The van der Waals surface area contributed by atoms with Crippen molar-refractivity contribution >= 4 is 5.91 Å². The number of allylic oxidation sites excluding steroid dienone is 3. The minimum absolute atomic E-state index is 0.134. The molecule has 1 rings (SSSR count). The summed E-state index contributed by atoms with van der Waals surface area (Å²) in [5, 5.41) is 3.49. The van der Waals surface area contributed by atoms with Crippen LogP contribution in [0.1, 0.15) is 33.6 Å². The van der Waals surface area contributed by atoms with Crippen LogP contribution in [-0.2, 0) is 4.79 Å². The monoisotopic (exact) mass is 236 g/mol. The Morgan fingerprint density at radius 2 is 2.12 bits per heavy atom. The molecule has 0 aromatic heterocycles. The molecule has 1 aliphatic rings. The molecule has 0 bridgehead atoms. The fourth-order valence-electron chi connectivity index (χ4n) is 2.12. The molecule has 2 unspecified atom stereocenters. The van der Waals surface area contributed by atoms with Crippen LogP contribution < -0.4 is 5.32 Å². The molecular weight excluding hydrogens is 212 g/mol. The Bertz CT molecular complexity index is 297. The quantitative estimate of drug-likeness (QED) is 0.599. The third kappa shape index (κ3) is 4.00. The molecule has 1 aliphatic heterocycles. The van der Waals surface area contributed by atoms with E-state index >= 15 is 0 Å². The van der Waals surface area contributed by atoms with Gasteiger partial charge in [0.2, 0.25) is 5.91 Å². The largest absolute Gasteiger partial charge is 0.333 e. The maximum absolute atomic E-state index is 12.1. The van der Waals surface area contributed by atoms with Crippen molar-refractivity contribution in [1.82, 2.24) is 10.2 Å². The Labute approximate surface area is 105 Å². The molecule has 2 atom stereocenters. The SMILES string of the molecule is CC=CC=CC(=O)N1CC(CC)NCC1CC. The molecular formula is C14H24N2O. The average molecular weight is 236 g/mol. The maximum Gasteiger partial charge on any atom is 0.246 e. The van der Waals surface area contributed by atoms with Gasteiger partial charge in [0.1, 0.15) is 0 Å². The van der Waals surface area contributed by atoms with Crippen molar-refractivity contribution in [3.8, 4) is 0 Å². The molecule has 17 heavy (non-hydrogen) atoms. The van der Waals surface area contributed by atoms with E-state index in [4.69, 9.17) is 0 Å². The van der Waals surface area contributed by atoms with Gasteiger partial charge in [-0.2, -0.15) is 0 Å². The molecule has 0 spiro atoms. The first-order valence-corrected chi connectivity index (χ1v) is 6.56. The standard InChI is InChI=1S/C14H24N2O/c1-4-7-8-9-14(17)16-11-12(5-2)15-10-13(16)6-3/h4,7-9,12-13,15H,5-6,10-11H2,1-3H3. The number of nitrogens with one attached hydrogen (secondary N) is 1. The molecule has 96 valence electrons. The number of carbonyl (C=O) groups is 1. The summed E-state index contributed by atoms with van der Waals surface area (Å²) in [4.78, 5) is 14.1. The van der Waals surface area contributed by atoms with Crippen LogP contribution in [0.4, 0.5) is 0 Å². The summed E-state index contributed by atoms with van der Waals surface area (Å²) in [5.74, 6) is 0.134. The van der Waals surface area contributed by atoms with Crippen LogP contribution in [0.3, 0.4) is 0 Å². The Kier molecular flexibility index (Phi) is 5.98. The number of hydrogen-bond donors (Lipinski definition) is 1. The van der Waals surface area contributed by atoms with Gasteiger partial charge in [0.15, 0.2) is 0 Å². The summed E-state index contributed by atoms with van der Waals surface area (Å²) in [6.07, 6.45) is 9.37. The van der Waals surface area contributed by atoms with Crippen LogP contribution in [0.2, 0.25) is 0 Å². The van der Waals surface area contributed by atoms with Crippen LogP contribution in [0.5, 0.6) is 0 Å². The fourth-order valence-corrected chi connectivity index (χ4v) is 2.12. The highest BCUT2D eigenvalue weighted by Crippen LogP contribution is 2.12. The predicted molar refractivity (Wildman–Crippen MR) is 71.8 cm³/mol.